The van der Waals surface area contributed by atoms with Gasteiger partial charge < -0.3 is 15.0 Å². The molecule has 2 aromatic rings. The molecule has 0 radical (unpaired) electrons. The number of halogens is 1. The van der Waals surface area contributed by atoms with E-state index in [2.05, 4.69) is 10.1 Å². The first-order chi connectivity index (χ1) is 9.47. The number of nitrogens with two attached hydrogens (primary N) is 1. The van der Waals surface area contributed by atoms with Crippen molar-refractivity contribution in [3.63, 3.8) is 0 Å². The molecule has 2 rings (SSSR count). The third-order valence-corrected chi connectivity index (χ3v) is 2.80. The summed E-state index contributed by atoms with van der Waals surface area (Å²) in [4.78, 5) is 4.21. The second kappa shape index (κ2) is 6.00. The van der Waals surface area contributed by atoms with Crippen LogP contribution in [0.5, 0.6) is 5.75 Å². The Morgan fingerprint density at radius 3 is 2.70 bits per heavy atom. The second-order valence-corrected chi connectivity index (χ2v) is 4.96. The standard InChI is InChI=1S/C14H18FN3O2/c1-8(2)14-17-13(18-20-14)7-19-12-5-4-10(15)6-11(12)9(3)16/h4-6,8-9H,7,16H2,1-3H3. The van der Waals surface area contributed by atoms with Crippen LogP contribution in [0.15, 0.2) is 22.7 Å². The molecule has 0 fully saturated rings. The smallest absolute Gasteiger partial charge is 0.229 e. The number of ether oxygens (including phenoxy) is 1. The molecular formula is C14H18FN3O2. The van der Waals surface area contributed by atoms with E-state index in [-0.39, 0.29) is 24.4 Å². The lowest BCUT2D eigenvalue weighted by molar-refractivity contribution is 0.280. The minimum Gasteiger partial charge on any atom is -0.485 e. The van der Waals surface area contributed by atoms with Crippen LogP contribution in [0.3, 0.4) is 0 Å². The van der Waals surface area contributed by atoms with E-state index < -0.39 is 0 Å². The maximum atomic E-state index is 13.2. The first-order valence-electron chi connectivity index (χ1n) is 6.47. The summed E-state index contributed by atoms with van der Waals surface area (Å²) in [6, 6.07) is 3.93. The summed E-state index contributed by atoms with van der Waals surface area (Å²) in [5, 5.41) is 3.83. The number of rotatable bonds is 5. The number of benzene rings is 1. The topological polar surface area (TPSA) is 74.2 Å². The Labute approximate surface area is 116 Å². The SMILES string of the molecule is CC(C)c1nc(COc2ccc(F)cc2C(C)N)no1. The average molecular weight is 279 g/mol. The Balaban J connectivity index is 2.10. The minimum atomic E-state index is -0.341. The van der Waals surface area contributed by atoms with E-state index in [0.717, 1.165) is 0 Å². The van der Waals surface area contributed by atoms with Gasteiger partial charge in [0.15, 0.2) is 6.61 Å². The molecule has 0 spiro atoms. The zero-order valence-electron chi connectivity index (χ0n) is 11.8. The first-order valence-corrected chi connectivity index (χ1v) is 6.47. The van der Waals surface area contributed by atoms with Gasteiger partial charge >= 0.3 is 0 Å². The van der Waals surface area contributed by atoms with E-state index in [1.54, 1.807) is 13.0 Å². The lowest BCUT2D eigenvalue weighted by Crippen LogP contribution is -2.09. The molecule has 0 aliphatic heterocycles. The Bertz CT molecular complexity index is 582. The van der Waals surface area contributed by atoms with Crippen molar-refractivity contribution in [2.24, 2.45) is 5.73 Å². The van der Waals surface area contributed by atoms with E-state index in [4.69, 9.17) is 15.0 Å². The van der Waals surface area contributed by atoms with Gasteiger partial charge in [0, 0.05) is 17.5 Å². The summed E-state index contributed by atoms with van der Waals surface area (Å²) < 4.78 is 23.9. The fraction of sp³-hybridized carbons (Fsp3) is 0.429. The van der Waals surface area contributed by atoms with Gasteiger partial charge in [0.2, 0.25) is 11.7 Å². The molecule has 1 unspecified atom stereocenters. The van der Waals surface area contributed by atoms with E-state index in [0.29, 0.717) is 23.0 Å². The maximum Gasteiger partial charge on any atom is 0.229 e. The van der Waals surface area contributed by atoms with Gasteiger partial charge in [-0.05, 0) is 25.1 Å². The van der Waals surface area contributed by atoms with Crippen LogP contribution in [0, 0.1) is 5.82 Å². The second-order valence-electron chi connectivity index (χ2n) is 4.96. The molecule has 0 amide bonds. The van der Waals surface area contributed by atoms with Crippen molar-refractivity contribution in [2.75, 3.05) is 0 Å². The van der Waals surface area contributed by atoms with Gasteiger partial charge in [0.05, 0.1) is 0 Å². The van der Waals surface area contributed by atoms with Crippen LogP contribution < -0.4 is 10.5 Å². The van der Waals surface area contributed by atoms with Crippen LogP contribution in [0.2, 0.25) is 0 Å². The van der Waals surface area contributed by atoms with Crippen LogP contribution in [-0.2, 0) is 6.61 Å². The van der Waals surface area contributed by atoms with Crippen molar-refractivity contribution in [1.29, 1.82) is 0 Å². The molecule has 1 heterocycles. The summed E-state index contributed by atoms with van der Waals surface area (Å²) in [6.45, 7) is 5.85. The fourth-order valence-corrected chi connectivity index (χ4v) is 1.71. The zero-order chi connectivity index (χ0) is 14.7. The maximum absolute atomic E-state index is 13.2. The van der Waals surface area contributed by atoms with Gasteiger partial charge in [-0.15, -0.1) is 0 Å². The van der Waals surface area contributed by atoms with Crippen molar-refractivity contribution >= 4 is 0 Å². The molecule has 6 heteroatoms. The highest BCUT2D eigenvalue weighted by Gasteiger charge is 2.13. The summed E-state index contributed by atoms with van der Waals surface area (Å²) in [7, 11) is 0. The highest BCUT2D eigenvalue weighted by Crippen LogP contribution is 2.25. The van der Waals surface area contributed by atoms with Gasteiger partial charge in [-0.1, -0.05) is 19.0 Å². The van der Waals surface area contributed by atoms with Gasteiger partial charge in [-0.2, -0.15) is 4.98 Å². The minimum absolute atomic E-state index is 0.154. The fourth-order valence-electron chi connectivity index (χ4n) is 1.71. The number of nitrogens with zero attached hydrogens (tertiary/aromatic N) is 2. The van der Waals surface area contributed by atoms with E-state index in [1.807, 2.05) is 13.8 Å². The highest BCUT2D eigenvalue weighted by molar-refractivity contribution is 5.36. The Hall–Kier alpha value is -1.95. The molecule has 5 nitrogen and oxygen atoms in total. The van der Waals surface area contributed by atoms with Crippen LogP contribution in [0.1, 0.15) is 50.0 Å². The number of hydrogen-bond donors (Lipinski definition) is 1. The number of hydrogen-bond acceptors (Lipinski definition) is 5. The molecule has 0 saturated carbocycles. The monoisotopic (exact) mass is 279 g/mol. The summed E-state index contributed by atoms with van der Waals surface area (Å²) in [6.07, 6.45) is 0. The molecule has 0 aliphatic rings. The summed E-state index contributed by atoms with van der Waals surface area (Å²) in [5.74, 6) is 1.37. The molecule has 20 heavy (non-hydrogen) atoms. The molecule has 1 aromatic heterocycles. The molecule has 0 saturated heterocycles. The third-order valence-electron chi connectivity index (χ3n) is 2.80. The zero-order valence-corrected chi connectivity index (χ0v) is 11.8. The van der Waals surface area contributed by atoms with E-state index in [1.165, 1.54) is 12.1 Å². The largest absolute Gasteiger partial charge is 0.485 e. The molecule has 2 N–H and O–H groups in total. The lowest BCUT2D eigenvalue weighted by Gasteiger charge is -2.12. The van der Waals surface area contributed by atoms with E-state index >= 15 is 0 Å². The van der Waals surface area contributed by atoms with Gasteiger partial charge in [0.1, 0.15) is 11.6 Å². The van der Waals surface area contributed by atoms with Crippen molar-refractivity contribution in [3.8, 4) is 5.75 Å². The van der Waals surface area contributed by atoms with E-state index in [9.17, 15) is 4.39 Å². The molecule has 0 bridgehead atoms. The van der Waals surface area contributed by atoms with Crippen molar-refractivity contribution in [2.45, 2.75) is 39.3 Å². The third kappa shape index (κ3) is 3.33. The predicted molar refractivity (Wildman–Crippen MR) is 71.7 cm³/mol. The van der Waals surface area contributed by atoms with Crippen LogP contribution in [0.25, 0.3) is 0 Å². The van der Waals surface area contributed by atoms with Crippen LogP contribution in [0.4, 0.5) is 4.39 Å². The Kier molecular flexibility index (Phi) is 4.34. The summed E-state index contributed by atoms with van der Waals surface area (Å²) >= 11 is 0. The van der Waals surface area contributed by atoms with Gasteiger partial charge in [-0.3, -0.25) is 0 Å². The Morgan fingerprint density at radius 1 is 1.35 bits per heavy atom. The molecule has 1 atom stereocenters. The Morgan fingerprint density at radius 2 is 2.10 bits per heavy atom. The molecular weight excluding hydrogens is 261 g/mol. The van der Waals surface area contributed by atoms with Crippen molar-refractivity contribution < 1.29 is 13.7 Å². The quantitative estimate of drug-likeness (QED) is 0.910. The van der Waals surface area contributed by atoms with Crippen LogP contribution in [-0.4, -0.2) is 10.1 Å². The average Bonchev–Trinajstić information content (AvgIpc) is 2.86. The molecule has 1 aromatic carbocycles. The van der Waals surface area contributed by atoms with Gasteiger partial charge in [-0.25, -0.2) is 4.39 Å². The molecule has 0 aliphatic carbocycles. The van der Waals surface area contributed by atoms with Crippen molar-refractivity contribution in [1.82, 2.24) is 10.1 Å². The van der Waals surface area contributed by atoms with Crippen molar-refractivity contribution in [3.05, 3.63) is 41.3 Å². The number of aromatic nitrogens is 2. The highest BCUT2D eigenvalue weighted by atomic mass is 19.1. The van der Waals surface area contributed by atoms with Crippen LogP contribution >= 0.6 is 0 Å². The normalized spacial score (nSPS) is 12.7. The summed E-state index contributed by atoms with van der Waals surface area (Å²) in [5.41, 5.74) is 6.41. The first kappa shape index (κ1) is 14.5. The predicted octanol–water partition coefficient (Wildman–Crippen LogP) is 2.93. The molecule has 108 valence electrons. The lowest BCUT2D eigenvalue weighted by atomic mass is 10.1. The van der Waals surface area contributed by atoms with Gasteiger partial charge in [0.25, 0.3) is 0 Å².